The van der Waals surface area contributed by atoms with Crippen molar-refractivity contribution in [2.45, 2.75) is 31.8 Å². The van der Waals surface area contributed by atoms with E-state index in [1.54, 1.807) is 19.2 Å². The first-order valence-electron chi connectivity index (χ1n) is 7.10. The lowest BCUT2D eigenvalue weighted by Crippen LogP contribution is -2.36. The number of amides is 1. The monoisotopic (exact) mass is 276 g/mol. The van der Waals surface area contributed by atoms with E-state index in [0.717, 1.165) is 18.3 Å². The molecule has 4 N–H and O–H groups in total. The first kappa shape index (κ1) is 14.7. The van der Waals surface area contributed by atoms with E-state index in [1.807, 2.05) is 6.07 Å². The number of nitrogens with two attached hydrogens (primary N) is 1. The molecule has 1 amide bonds. The van der Waals surface area contributed by atoms with Crippen LogP contribution < -0.4 is 16.4 Å². The van der Waals surface area contributed by atoms with E-state index in [0.29, 0.717) is 17.3 Å². The Hall–Kier alpha value is -1.75. The van der Waals surface area contributed by atoms with Crippen molar-refractivity contribution in [3.63, 3.8) is 0 Å². The van der Waals surface area contributed by atoms with Gasteiger partial charge in [-0.25, -0.2) is 0 Å². The van der Waals surface area contributed by atoms with Crippen molar-refractivity contribution in [1.29, 1.82) is 0 Å². The molecular formula is C15H24N4O. The Morgan fingerprint density at radius 1 is 1.50 bits per heavy atom. The summed E-state index contributed by atoms with van der Waals surface area (Å²) in [6.45, 7) is 2.98. The minimum atomic E-state index is -0.101. The summed E-state index contributed by atoms with van der Waals surface area (Å²) in [7, 11) is 3.79. The summed E-state index contributed by atoms with van der Waals surface area (Å²) in [6.07, 6.45) is 2.59. The maximum Gasteiger partial charge on any atom is 0.253 e. The van der Waals surface area contributed by atoms with Crippen LogP contribution >= 0.6 is 0 Å². The molecule has 0 aliphatic heterocycles. The standard InChI is InChI=1S/C15H24N4O/c1-10(19(3)12-5-6-12)9-18-14-8-11(16)4-7-13(14)15(20)17-2/h4,7-8,10,12,18H,5-6,9,16H2,1-3H3,(H,17,20). The third kappa shape index (κ3) is 3.42. The second-order valence-corrected chi connectivity index (χ2v) is 5.51. The molecule has 1 aliphatic rings. The molecule has 0 aromatic heterocycles. The smallest absolute Gasteiger partial charge is 0.253 e. The first-order chi connectivity index (χ1) is 9.52. The van der Waals surface area contributed by atoms with Crippen LogP contribution in [0.5, 0.6) is 0 Å². The molecule has 0 saturated heterocycles. The van der Waals surface area contributed by atoms with Crippen LogP contribution in [-0.2, 0) is 0 Å². The minimum absolute atomic E-state index is 0.101. The number of likely N-dealkylation sites (N-methyl/N-ethyl adjacent to an activating group) is 1. The number of benzene rings is 1. The van der Waals surface area contributed by atoms with E-state index in [-0.39, 0.29) is 5.91 Å². The molecule has 0 radical (unpaired) electrons. The maximum atomic E-state index is 11.8. The number of rotatable bonds is 6. The average Bonchev–Trinajstić information content (AvgIpc) is 3.27. The fourth-order valence-corrected chi connectivity index (χ4v) is 2.28. The summed E-state index contributed by atoms with van der Waals surface area (Å²) in [5, 5.41) is 6.00. The van der Waals surface area contributed by atoms with Crippen LogP contribution in [-0.4, -0.2) is 43.5 Å². The van der Waals surface area contributed by atoms with Crippen molar-refractivity contribution in [2.24, 2.45) is 0 Å². The molecule has 20 heavy (non-hydrogen) atoms. The summed E-state index contributed by atoms with van der Waals surface area (Å²) in [4.78, 5) is 14.2. The molecule has 110 valence electrons. The molecule has 1 aliphatic carbocycles. The molecule has 5 heteroatoms. The van der Waals surface area contributed by atoms with E-state index in [4.69, 9.17) is 5.73 Å². The Balaban J connectivity index is 2.03. The molecule has 0 spiro atoms. The van der Waals surface area contributed by atoms with Crippen LogP contribution in [0.1, 0.15) is 30.1 Å². The van der Waals surface area contributed by atoms with Gasteiger partial charge in [0.05, 0.1) is 5.56 Å². The Kier molecular flexibility index (Phi) is 4.49. The summed E-state index contributed by atoms with van der Waals surface area (Å²) >= 11 is 0. The highest BCUT2D eigenvalue weighted by molar-refractivity contribution is 6.00. The second-order valence-electron chi connectivity index (χ2n) is 5.51. The third-order valence-electron chi connectivity index (χ3n) is 3.92. The highest BCUT2D eigenvalue weighted by Crippen LogP contribution is 2.27. The first-order valence-corrected chi connectivity index (χ1v) is 7.10. The van der Waals surface area contributed by atoms with E-state index >= 15 is 0 Å². The van der Waals surface area contributed by atoms with Crippen molar-refractivity contribution in [3.05, 3.63) is 23.8 Å². The van der Waals surface area contributed by atoms with Crippen LogP contribution in [0.15, 0.2) is 18.2 Å². The number of hydrogen-bond acceptors (Lipinski definition) is 4. The molecule has 5 nitrogen and oxygen atoms in total. The van der Waals surface area contributed by atoms with Gasteiger partial charge in [-0.3, -0.25) is 9.69 Å². The third-order valence-corrected chi connectivity index (χ3v) is 3.92. The zero-order valence-electron chi connectivity index (χ0n) is 12.4. The Morgan fingerprint density at radius 3 is 2.80 bits per heavy atom. The second kappa shape index (κ2) is 6.13. The van der Waals surface area contributed by atoms with Gasteiger partial charge in [0.25, 0.3) is 5.91 Å². The number of anilines is 2. The SMILES string of the molecule is CNC(=O)c1ccc(N)cc1NCC(C)N(C)C1CC1. The van der Waals surface area contributed by atoms with Crippen molar-refractivity contribution < 1.29 is 4.79 Å². The average molecular weight is 276 g/mol. The van der Waals surface area contributed by atoms with Gasteiger partial charge in [0.15, 0.2) is 0 Å². The van der Waals surface area contributed by atoms with Gasteiger partial charge in [-0.1, -0.05) is 0 Å². The maximum absolute atomic E-state index is 11.8. The molecule has 1 aromatic carbocycles. The zero-order valence-corrected chi connectivity index (χ0v) is 12.4. The Labute approximate surface area is 120 Å². The van der Waals surface area contributed by atoms with Crippen molar-refractivity contribution in [3.8, 4) is 0 Å². The zero-order chi connectivity index (χ0) is 14.7. The normalized spacial score (nSPS) is 16.0. The lowest BCUT2D eigenvalue weighted by Gasteiger charge is -2.25. The van der Waals surface area contributed by atoms with E-state index in [9.17, 15) is 4.79 Å². The lowest BCUT2D eigenvalue weighted by molar-refractivity contribution is 0.0964. The molecule has 1 fully saturated rings. The fraction of sp³-hybridized carbons (Fsp3) is 0.533. The van der Waals surface area contributed by atoms with Crippen LogP contribution in [0.25, 0.3) is 0 Å². The summed E-state index contributed by atoms with van der Waals surface area (Å²) in [5.74, 6) is -0.101. The van der Waals surface area contributed by atoms with Gasteiger partial charge < -0.3 is 16.4 Å². The van der Waals surface area contributed by atoms with Crippen LogP contribution in [0.3, 0.4) is 0 Å². The molecule has 0 heterocycles. The van der Waals surface area contributed by atoms with Crippen molar-refractivity contribution in [1.82, 2.24) is 10.2 Å². The number of hydrogen-bond donors (Lipinski definition) is 3. The van der Waals surface area contributed by atoms with Gasteiger partial charge in [0, 0.05) is 37.1 Å². The van der Waals surface area contributed by atoms with Gasteiger partial charge in [-0.2, -0.15) is 0 Å². The minimum Gasteiger partial charge on any atom is -0.399 e. The molecule has 1 aromatic rings. The van der Waals surface area contributed by atoms with Crippen LogP contribution in [0.4, 0.5) is 11.4 Å². The summed E-state index contributed by atoms with van der Waals surface area (Å²) in [6, 6.07) is 6.46. The van der Waals surface area contributed by atoms with E-state index in [1.165, 1.54) is 12.8 Å². The predicted molar refractivity (Wildman–Crippen MR) is 83.0 cm³/mol. The fourth-order valence-electron chi connectivity index (χ4n) is 2.28. The van der Waals surface area contributed by atoms with Crippen molar-refractivity contribution in [2.75, 3.05) is 31.7 Å². The highest BCUT2D eigenvalue weighted by Gasteiger charge is 2.29. The molecular weight excluding hydrogens is 252 g/mol. The number of carbonyl (C=O) groups excluding carboxylic acids is 1. The lowest BCUT2D eigenvalue weighted by atomic mass is 10.1. The Bertz CT molecular complexity index is 485. The quantitative estimate of drug-likeness (QED) is 0.689. The van der Waals surface area contributed by atoms with Crippen LogP contribution in [0.2, 0.25) is 0 Å². The number of carbonyl (C=O) groups is 1. The van der Waals surface area contributed by atoms with Gasteiger partial charge >= 0.3 is 0 Å². The van der Waals surface area contributed by atoms with Crippen molar-refractivity contribution >= 4 is 17.3 Å². The summed E-state index contributed by atoms with van der Waals surface area (Å²) < 4.78 is 0. The highest BCUT2D eigenvalue weighted by atomic mass is 16.1. The number of nitrogens with zero attached hydrogens (tertiary/aromatic N) is 1. The van der Waals surface area contributed by atoms with Gasteiger partial charge in [0.1, 0.15) is 0 Å². The van der Waals surface area contributed by atoms with Gasteiger partial charge in [0.2, 0.25) is 0 Å². The van der Waals surface area contributed by atoms with E-state index < -0.39 is 0 Å². The molecule has 1 atom stereocenters. The van der Waals surface area contributed by atoms with Gasteiger partial charge in [-0.05, 0) is 45.0 Å². The molecule has 1 unspecified atom stereocenters. The molecule has 2 rings (SSSR count). The number of nitrogen functional groups attached to an aromatic ring is 1. The van der Waals surface area contributed by atoms with Crippen LogP contribution in [0, 0.1) is 0 Å². The predicted octanol–water partition coefficient (Wildman–Crippen LogP) is 1.52. The summed E-state index contributed by atoms with van der Waals surface area (Å²) in [5.41, 5.74) is 7.89. The topological polar surface area (TPSA) is 70.4 Å². The van der Waals surface area contributed by atoms with Gasteiger partial charge in [-0.15, -0.1) is 0 Å². The molecule has 0 bridgehead atoms. The molecule has 1 saturated carbocycles. The Morgan fingerprint density at radius 2 is 2.20 bits per heavy atom. The van der Waals surface area contributed by atoms with E-state index in [2.05, 4.69) is 29.5 Å². The number of nitrogens with one attached hydrogen (secondary N) is 2. The largest absolute Gasteiger partial charge is 0.399 e.